The molecule has 0 aliphatic carbocycles. The molecule has 0 fully saturated rings. The van der Waals surface area contributed by atoms with Gasteiger partial charge in [0.1, 0.15) is 5.82 Å². The van der Waals surface area contributed by atoms with Crippen molar-refractivity contribution in [2.75, 3.05) is 5.73 Å². The van der Waals surface area contributed by atoms with Gasteiger partial charge in [0.2, 0.25) is 0 Å². The van der Waals surface area contributed by atoms with Gasteiger partial charge in [-0.25, -0.2) is 4.39 Å². The average molecular weight is 206 g/mol. The van der Waals surface area contributed by atoms with E-state index in [1.54, 1.807) is 11.4 Å². The molecular formula is C10H7FN2S. The van der Waals surface area contributed by atoms with Crippen LogP contribution in [0.5, 0.6) is 0 Å². The number of halogens is 1. The molecule has 0 saturated heterocycles. The lowest BCUT2D eigenvalue weighted by Crippen LogP contribution is -1.87. The number of hydrogen-bond acceptors (Lipinski definition) is 3. The molecule has 0 aliphatic heterocycles. The summed E-state index contributed by atoms with van der Waals surface area (Å²) in [4.78, 5) is 0. The number of thiophene rings is 1. The predicted octanol–water partition coefficient (Wildman–Crippen LogP) is 2.69. The third-order valence-corrected chi connectivity index (χ3v) is 3.05. The lowest BCUT2D eigenvalue weighted by Gasteiger charge is -1.97. The van der Waals surface area contributed by atoms with E-state index in [-0.39, 0.29) is 5.82 Å². The Balaban J connectivity index is 2.73. The van der Waals surface area contributed by atoms with E-state index in [1.165, 1.54) is 17.4 Å². The summed E-state index contributed by atoms with van der Waals surface area (Å²) >= 11 is 1.31. The third-order valence-electron chi connectivity index (χ3n) is 2.00. The number of anilines is 1. The molecule has 70 valence electrons. The standard InChI is InChI=1S/C10H7FN2S/c11-9-4-7(13)3-8-6(1-2-12)5-14-10(8)9/h3-5H,1,13H2. The van der Waals surface area contributed by atoms with Crippen molar-refractivity contribution < 1.29 is 4.39 Å². The first-order valence-electron chi connectivity index (χ1n) is 4.04. The zero-order valence-electron chi connectivity index (χ0n) is 7.25. The van der Waals surface area contributed by atoms with Crippen molar-refractivity contribution in [2.45, 2.75) is 6.42 Å². The van der Waals surface area contributed by atoms with Gasteiger partial charge in [-0.3, -0.25) is 0 Å². The zero-order chi connectivity index (χ0) is 10.1. The summed E-state index contributed by atoms with van der Waals surface area (Å²) in [6.45, 7) is 0. The second-order valence-corrected chi connectivity index (χ2v) is 3.85. The Hall–Kier alpha value is -1.60. The Kier molecular flexibility index (Phi) is 2.10. The second-order valence-electron chi connectivity index (χ2n) is 2.98. The molecule has 0 unspecified atom stereocenters. The monoisotopic (exact) mass is 206 g/mol. The van der Waals surface area contributed by atoms with Crippen LogP contribution < -0.4 is 5.73 Å². The van der Waals surface area contributed by atoms with Gasteiger partial charge in [0.15, 0.2) is 0 Å². The molecule has 1 aromatic heterocycles. The molecule has 0 spiro atoms. The Morgan fingerprint density at radius 3 is 3.00 bits per heavy atom. The number of nitrogen functional groups attached to an aromatic ring is 1. The lowest BCUT2D eigenvalue weighted by atomic mass is 10.1. The summed E-state index contributed by atoms with van der Waals surface area (Å²) < 4.78 is 13.9. The van der Waals surface area contributed by atoms with E-state index in [4.69, 9.17) is 11.0 Å². The highest BCUT2D eigenvalue weighted by atomic mass is 32.1. The number of hydrogen-bond donors (Lipinski definition) is 1. The molecule has 2 rings (SSSR count). The highest BCUT2D eigenvalue weighted by Crippen LogP contribution is 2.30. The molecule has 0 saturated carbocycles. The first-order chi connectivity index (χ1) is 6.72. The first kappa shape index (κ1) is 8.97. The van der Waals surface area contributed by atoms with Crippen LogP contribution in [0.25, 0.3) is 10.1 Å². The number of benzene rings is 1. The van der Waals surface area contributed by atoms with E-state index in [0.29, 0.717) is 16.8 Å². The van der Waals surface area contributed by atoms with Gasteiger partial charge in [0.25, 0.3) is 0 Å². The number of rotatable bonds is 1. The van der Waals surface area contributed by atoms with Crippen LogP contribution >= 0.6 is 11.3 Å². The summed E-state index contributed by atoms with van der Waals surface area (Å²) in [6, 6.07) is 5.06. The zero-order valence-corrected chi connectivity index (χ0v) is 8.07. The highest BCUT2D eigenvalue weighted by molar-refractivity contribution is 7.17. The van der Waals surface area contributed by atoms with Crippen LogP contribution in [-0.2, 0) is 6.42 Å². The minimum absolute atomic E-state index is 0.295. The molecule has 1 aromatic carbocycles. The normalized spacial score (nSPS) is 10.3. The maximum Gasteiger partial charge on any atom is 0.143 e. The number of nitrogens with zero attached hydrogens (tertiary/aromatic N) is 1. The first-order valence-corrected chi connectivity index (χ1v) is 4.92. The predicted molar refractivity (Wildman–Crippen MR) is 55.5 cm³/mol. The Labute approximate surface area is 84.4 Å². The van der Waals surface area contributed by atoms with Gasteiger partial charge < -0.3 is 5.73 Å². The van der Waals surface area contributed by atoms with Crippen molar-refractivity contribution in [3.8, 4) is 6.07 Å². The largest absolute Gasteiger partial charge is 0.399 e. The van der Waals surface area contributed by atoms with Crippen molar-refractivity contribution in [3.63, 3.8) is 0 Å². The molecular weight excluding hydrogens is 199 g/mol. The van der Waals surface area contributed by atoms with Gasteiger partial charge in [-0.05, 0) is 23.1 Å². The molecule has 2 nitrogen and oxygen atoms in total. The molecule has 0 radical (unpaired) electrons. The van der Waals surface area contributed by atoms with Gasteiger partial charge in [-0.15, -0.1) is 11.3 Å². The molecule has 1 heterocycles. The van der Waals surface area contributed by atoms with Gasteiger partial charge in [-0.2, -0.15) is 5.26 Å². The third kappa shape index (κ3) is 1.32. The van der Waals surface area contributed by atoms with Crippen LogP contribution in [0.3, 0.4) is 0 Å². The van der Waals surface area contributed by atoms with Crippen LogP contribution in [0.2, 0.25) is 0 Å². The lowest BCUT2D eigenvalue weighted by molar-refractivity contribution is 0.642. The van der Waals surface area contributed by atoms with Crippen molar-refractivity contribution in [3.05, 3.63) is 28.9 Å². The van der Waals surface area contributed by atoms with E-state index in [9.17, 15) is 4.39 Å². The van der Waals surface area contributed by atoms with E-state index >= 15 is 0 Å². The molecule has 0 atom stereocenters. The van der Waals surface area contributed by atoms with Gasteiger partial charge >= 0.3 is 0 Å². The van der Waals surface area contributed by atoms with E-state index in [0.717, 1.165) is 10.9 Å². The molecule has 0 aliphatic rings. The van der Waals surface area contributed by atoms with Crippen molar-refractivity contribution in [1.82, 2.24) is 0 Å². The maximum absolute atomic E-state index is 13.3. The van der Waals surface area contributed by atoms with Crippen LogP contribution in [0.4, 0.5) is 10.1 Å². The smallest absolute Gasteiger partial charge is 0.143 e. The summed E-state index contributed by atoms with van der Waals surface area (Å²) in [5, 5.41) is 11.1. The molecule has 0 bridgehead atoms. The highest BCUT2D eigenvalue weighted by Gasteiger charge is 2.08. The summed E-state index contributed by atoms with van der Waals surface area (Å²) in [5.41, 5.74) is 6.77. The van der Waals surface area contributed by atoms with Gasteiger partial charge in [-0.1, -0.05) is 0 Å². The van der Waals surface area contributed by atoms with Crippen LogP contribution in [0.15, 0.2) is 17.5 Å². The number of nitrogens with two attached hydrogens (primary N) is 1. The minimum atomic E-state index is -0.311. The summed E-state index contributed by atoms with van der Waals surface area (Å²) in [7, 11) is 0. The fourth-order valence-electron chi connectivity index (χ4n) is 1.39. The fraction of sp³-hybridized carbons (Fsp3) is 0.100. The Morgan fingerprint density at radius 1 is 1.50 bits per heavy atom. The van der Waals surface area contributed by atoms with Crippen LogP contribution in [-0.4, -0.2) is 0 Å². The SMILES string of the molecule is N#CCc1csc2c(F)cc(N)cc12. The molecule has 2 N–H and O–H groups in total. The topological polar surface area (TPSA) is 49.8 Å². The molecule has 4 heteroatoms. The van der Waals surface area contributed by atoms with Gasteiger partial charge in [0.05, 0.1) is 17.2 Å². The van der Waals surface area contributed by atoms with E-state index in [1.807, 2.05) is 6.07 Å². The average Bonchev–Trinajstić information content (AvgIpc) is 2.49. The van der Waals surface area contributed by atoms with Crippen molar-refractivity contribution in [2.24, 2.45) is 0 Å². The van der Waals surface area contributed by atoms with Crippen LogP contribution in [0, 0.1) is 17.1 Å². The summed E-state index contributed by atoms with van der Waals surface area (Å²) in [5.74, 6) is -0.311. The van der Waals surface area contributed by atoms with Crippen LogP contribution in [0.1, 0.15) is 5.56 Å². The maximum atomic E-state index is 13.3. The van der Waals surface area contributed by atoms with E-state index in [2.05, 4.69) is 0 Å². The number of nitriles is 1. The Morgan fingerprint density at radius 2 is 2.29 bits per heavy atom. The van der Waals surface area contributed by atoms with Crippen molar-refractivity contribution in [1.29, 1.82) is 5.26 Å². The van der Waals surface area contributed by atoms with Crippen molar-refractivity contribution >= 4 is 27.1 Å². The fourth-order valence-corrected chi connectivity index (χ4v) is 2.35. The minimum Gasteiger partial charge on any atom is -0.399 e. The Bertz CT molecular complexity index is 525. The van der Waals surface area contributed by atoms with Gasteiger partial charge in [0, 0.05) is 11.1 Å². The quantitative estimate of drug-likeness (QED) is 0.729. The van der Waals surface area contributed by atoms with E-state index < -0.39 is 0 Å². The summed E-state index contributed by atoms with van der Waals surface area (Å²) in [6.07, 6.45) is 0.295. The number of fused-ring (bicyclic) bond motifs is 1. The molecule has 2 aromatic rings. The molecule has 14 heavy (non-hydrogen) atoms. The second kappa shape index (κ2) is 3.28. The molecule has 0 amide bonds.